The van der Waals surface area contributed by atoms with Crippen molar-refractivity contribution in [1.29, 1.82) is 0 Å². The minimum absolute atomic E-state index is 0.0220. The van der Waals surface area contributed by atoms with Crippen LogP contribution in [-0.4, -0.2) is 23.8 Å². The fourth-order valence-corrected chi connectivity index (χ4v) is 3.39. The van der Waals surface area contributed by atoms with E-state index in [-0.39, 0.29) is 24.1 Å². The van der Waals surface area contributed by atoms with Crippen LogP contribution in [0.5, 0.6) is 0 Å². The molecule has 154 valence electrons. The second kappa shape index (κ2) is 10.3. The Balaban J connectivity index is 1.66. The predicted octanol–water partition coefficient (Wildman–Crippen LogP) is 4.72. The van der Waals surface area contributed by atoms with Crippen LogP contribution in [0.15, 0.2) is 72.9 Å². The van der Waals surface area contributed by atoms with E-state index in [2.05, 4.69) is 17.1 Å². The van der Waals surface area contributed by atoms with E-state index >= 15 is 0 Å². The molecule has 5 heteroatoms. The molecular formula is C25H26N2O3. The maximum absolute atomic E-state index is 12.8. The lowest BCUT2D eigenvalue weighted by atomic mass is 9.89. The summed E-state index contributed by atoms with van der Waals surface area (Å²) in [5, 5.41) is 0. The number of hydrogen-bond donors (Lipinski definition) is 1. The smallest absolute Gasteiger partial charge is 0.305 e. The highest BCUT2D eigenvalue weighted by Gasteiger charge is 2.19. The molecule has 3 rings (SSSR count). The number of nitrogens with two attached hydrogens (primary N) is 1. The monoisotopic (exact) mass is 402 g/mol. The van der Waals surface area contributed by atoms with Crippen molar-refractivity contribution in [2.24, 2.45) is 5.92 Å². The summed E-state index contributed by atoms with van der Waals surface area (Å²) >= 11 is 0. The van der Waals surface area contributed by atoms with E-state index < -0.39 is 0 Å². The molecule has 1 unspecified atom stereocenters. The molecule has 0 bridgehead atoms. The Morgan fingerprint density at radius 3 is 2.33 bits per heavy atom. The number of nitrogens with zero attached hydrogens (tertiary/aromatic N) is 1. The molecule has 2 aromatic carbocycles. The Labute approximate surface area is 176 Å². The van der Waals surface area contributed by atoms with Gasteiger partial charge in [0.25, 0.3) is 0 Å². The van der Waals surface area contributed by atoms with Gasteiger partial charge in [0.05, 0.1) is 24.7 Å². The van der Waals surface area contributed by atoms with E-state index in [9.17, 15) is 9.59 Å². The summed E-state index contributed by atoms with van der Waals surface area (Å²) in [5.74, 6) is -0.331. The Bertz CT molecular complexity index is 968. The number of esters is 1. The molecule has 0 saturated heterocycles. The number of rotatable bonds is 9. The van der Waals surface area contributed by atoms with Crippen molar-refractivity contribution in [3.63, 3.8) is 0 Å². The molecule has 0 fully saturated rings. The van der Waals surface area contributed by atoms with Gasteiger partial charge in [-0.15, -0.1) is 0 Å². The third kappa shape index (κ3) is 6.01. The van der Waals surface area contributed by atoms with Crippen LogP contribution in [0.2, 0.25) is 0 Å². The minimum atomic E-state index is -0.286. The van der Waals surface area contributed by atoms with Gasteiger partial charge in [-0.05, 0) is 36.5 Å². The van der Waals surface area contributed by atoms with Crippen LogP contribution in [0.3, 0.4) is 0 Å². The molecule has 2 N–H and O–H groups in total. The SMILES string of the molecule is COC(=O)CC(CCc1ccccc1)CC(=O)c1ccc(-c2ccc(N)cn2)cc1. The number of methoxy groups -OCH3 is 1. The summed E-state index contributed by atoms with van der Waals surface area (Å²) in [5.41, 5.74) is 9.83. The summed E-state index contributed by atoms with van der Waals surface area (Å²) in [6, 6.07) is 21.1. The average Bonchev–Trinajstić information content (AvgIpc) is 2.78. The van der Waals surface area contributed by atoms with Gasteiger partial charge in [0.2, 0.25) is 0 Å². The number of carbonyl (C=O) groups is 2. The molecule has 0 spiro atoms. The van der Waals surface area contributed by atoms with Gasteiger partial charge in [0, 0.05) is 24.0 Å². The van der Waals surface area contributed by atoms with Gasteiger partial charge in [0.15, 0.2) is 5.78 Å². The second-order valence-electron chi connectivity index (χ2n) is 7.35. The Kier molecular flexibility index (Phi) is 7.33. The molecule has 1 atom stereocenters. The lowest BCUT2D eigenvalue weighted by molar-refractivity contribution is -0.141. The van der Waals surface area contributed by atoms with Gasteiger partial charge in [0.1, 0.15) is 0 Å². The molecule has 0 aliphatic heterocycles. The Morgan fingerprint density at radius 2 is 1.70 bits per heavy atom. The molecule has 30 heavy (non-hydrogen) atoms. The first kappa shape index (κ1) is 21.2. The number of nitrogen functional groups attached to an aromatic ring is 1. The van der Waals surface area contributed by atoms with Crippen molar-refractivity contribution in [2.75, 3.05) is 12.8 Å². The molecule has 0 aliphatic rings. The second-order valence-corrected chi connectivity index (χ2v) is 7.35. The highest BCUT2D eigenvalue weighted by molar-refractivity contribution is 5.96. The van der Waals surface area contributed by atoms with Crippen LogP contribution in [0, 0.1) is 5.92 Å². The van der Waals surface area contributed by atoms with E-state index in [1.54, 1.807) is 12.3 Å². The third-order valence-corrected chi connectivity index (χ3v) is 5.13. The number of aryl methyl sites for hydroxylation is 1. The first-order valence-corrected chi connectivity index (χ1v) is 10.0. The number of hydrogen-bond acceptors (Lipinski definition) is 5. The largest absolute Gasteiger partial charge is 0.469 e. The van der Waals surface area contributed by atoms with Crippen LogP contribution < -0.4 is 5.73 Å². The van der Waals surface area contributed by atoms with Gasteiger partial charge >= 0.3 is 5.97 Å². The van der Waals surface area contributed by atoms with Gasteiger partial charge < -0.3 is 10.5 Å². The summed E-state index contributed by atoms with van der Waals surface area (Å²) in [6.45, 7) is 0. The van der Waals surface area contributed by atoms with Gasteiger partial charge in [-0.25, -0.2) is 0 Å². The number of carbonyl (C=O) groups excluding carboxylic acids is 2. The van der Waals surface area contributed by atoms with E-state index in [0.29, 0.717) is 17.7 Å². The zero-order valence-electron chi connectivity index (χ0n) is 17.1. The number of benzene rings is 2. The lowest BCUT2D eigenvalue weighted by Gasteiger charge is -2.15. The normalized spacial score (nSPS) is 11.6. The zero-order chi connectivity index (χ0) is 21.3. The highest BCUT2D eigenvalue weighted by Crippen LogP contribution is 2.23. The molecule has 0 aliphatic carbocycles. The van der Waals surface area contributed by atoms with Crippen molar-refractivity contribution in [1.82, 2.24) is 4.98 Å². The van der Waals surface area contributed by atoms with Crippen LogP contribution >= 0.6 is 0 Å². The molecular weight excluding hydrogens is 376 g/mol. The third-order valence-electron chi connectivity index (χ3n) is 5.13. The van der Waals surface area contributed by atoms with Gasteiger partial charge in [-0.3, -0.25) is 14.6 Å². The molecule has 0 amide bonds. The molecule has 5 nitrogen and oxygen atoms in total. The van der Waals surface area contributed by atoms with E-state index in [1.807, 2.05) is 48.5 Å². The van der Waals surface area contributed by atoms with Crippen molar-refractivity contribution < 1.29 is 14.3 Å². The zero-order valence-corrected chi connectivity index (χ0v) is 17.1. The quantitative estimate of drug-likeness (QED) is 0.414. The molecule has 1 heterocycles. The maximum atomic E-state index is 12.8. The van der Waals surface area contributed by atoms with Crippen molar-refractivity contribution >= 4 is 17.4 Å². The lowest BCUT2D eigenvalue weighted by Crippen LogP contribution is -2.15. The fraction of sp³-hybridized carbons (Fsp3) is 0.240. The van der Waals surface area contributed by atoms with E-state index in [1.165, 1.54) is 12.7 Å². The molecule has 0 saturated carbocycles. The summed E-state index contributed by atoms with van der Waals surface area (Å²) in [7, 11) is 1.38. The summed E-state index contributed by atoms with van der Waals surface area (Å²) in [4.78, 5) is 29.0. The minimum Gasteiger partial charge on any atom is -0.469 e. The number of anilines is 1. The van der Waals surface area contributed by atoms with Crippen molar-refractivity contribution in [3.05, 3.63) is 84.1 Å². The van der Waals surface area contributed by atoms with E-state index in [0.717, 1.165) is 24.1 Å². The summed E-state index contributed by atoms with van der Waals surface area (Å²) in [6.07, 6.45) is 3.72. The average molecular weight is 402 g/mol. The van der Waals surface area contributed by atoms with Gasteiger partial charge in [-0.2, -0.15) is 0 Å². The van der Waals surface area contributed by atoms with Crippen molar-refractivity contribution in [2.45, 2.75) is 25.7 Å². The van der Waals surface area contributed by atoms with E-state index in [4.69, 9.17) is 10.5 Å². The standard InChI is InChI=1S/C25H26N2O3/c1-30-25(29)16-19(8-7-18-5-3-2-4-6-18)15-24(28)21-11-9-20(10-12-21)23-14-13-22(26)17-27-23/h2-6,9-14,17,19H,7-8,15-16,26H2,1H3. The molecule has 1 aromatic heterocycles. The molecule has 0 radical (unpaired) electrons. The van der Waals surface area contributed by atoms with Crippen LogP contribution in [0.4, 0.5) is 5.69 Å². The first-order chi connectivity index (χ1) is 14.5. The van der Waals surface area contributed by atoms with Crippen LogP contribution in [0.1, 0.15) is 35.2 Å². The van der Waals surface area contributed by atoms with Crippen molar-refractivity contribution in [3.8, 4) is 11.3 Å². The number of aromatic nitrogens is 1. The Morgan fingerprint density at radius 1 is 0.967 bits per heavy atom. The topological polar surface area (TPSA) is 82.3 Å². The Hall–Kier alpha value is -3.47. The summed E-state index contributed by atoms with van der Waals surface area (Å²) < 4.78 is 4.83. The number of Topliss-reactive ketones (excluding diaryl/α,β-unsaturated/α-hetero) is 1. The number of pyridine rings is 1. The fourth-order valence-electron chi connectivity index (χ4n) is 3.39. The number of ketones is 1. The van der Waals surface area contributed by atoms with Crippen LogP contribution in [-0.2, 0) is 16.0 Å². The van der Waals surface area contributed by atoms with Gasteiger partial charge in [-0.1, -0.05) is 54.6 Å². The maximum Gasteiger partial charge on any atom is 0.305 e. The predicted molar refractivity (Wildman–Crippen MR) is 118 cm³/mol. The number of ether oxygens (including phenoxy) is 1. The first-order valence-electron chi connectivity index (χ1n) is 10.0. The molecule has 3 aromatic rings. The highest BCUT2D eigenvalue weighted by atomic mass is 16.5. The van der Waals surface area contributed by atoms with Crippen LogP contribution in [0.25, 0.3) is 11.3 Å².